The van der Waals surface area contributed by atoms with Crippen molar-refractivity contribution >= 4 is 29.2 Å². The molecule has 1 N–H and O–H groups in total. The second kappa shape index (κ2) is 4.48. The number of nitrogens with one attached hydrogen (secondary N) is 1. The number of nitrogens with zero attached hydrogens (tertiary/aromatic N) is 2. The van der Waals surface area contributed by atoms with Crippen molar-refractivity contribution < 1.29 is 0 Å². The van der Waals surface area contributed by atoms with Crippen LogP contribution in [0, 0.1) is 6.92 Å². The molecule has 1 rings (SSSR count). The first kappa shape index (κ1) is 9.55. The molecule has 1 aromatic heterocycles. The van der Waals surface area contributed by atoms with Crippen molar-refractivity contribution in [3.8, 4) is 0 Å². The van der Waals surface area contributed by atoms with E-state index in [1.165, 1.54) is 0 Å². The van der Waals surface area contributed by atoms with Gasteiger partial charge in [0.15, 0.2) is 0 Å². The molecule has 12 heavy (non-hydrogen) atoms. The predicted octanol–water partition coefficient (Wildman–Crippen LogP) is 2.00. The zero-order valence-electron chi connectivity index (χ0n) is 6.59. The molecule has 0 unspecified atom stereocenters. The summed E-state index contributed by atoms with van der Waals surface area (Å²) < 4.78 is 0. The standard InChI is InChI=1S/C7H9Cl2N3/c1-5-2-3-10-7(12-5)11-4-6(8)9/h2-3,6H,4H2,1H3,(H,10,11,12). The lowest BCUT2D eigenvalue weighted by atomic mass is 10.5. The maximum absolute atomic E-state index is 5.51. The molecule has 0 fully saturated rings. The summed E-state index contributed by atoms with van der Waals surface area (Å²) in [6, 6.07) is 1.82. The Bertz CT molecular complexity index is 252. The molecule has 0 saturated carbocycles. The van der Waals surface area contributed by atoms with Crippen LogP contribution in [-0.4, -0.2) is 21.3 Å². The number of rotatable bonds is 3. The topological polar surface area (TPSA) is 37.8 Å². The number of hydrogen-bond acceptors (Lipinski definition) is 3. The van der Waals surface area contributed by atoms with E-state index in [9.17, 15) is 0 Å². The van der Waals surface area contributed by atoms with Crippen LogP contribution >= 0.6 is 23.2 Å². The maximum Gasteiger partial charge on any atom is 0.222 e. The maximum atomic E-state index is 5.51. The highest BCUT2D eigenvalue weighted by molar-refractivity contribution is 6.44. The van der Waals surface area contributed by atoms with Gasteiger partial charge in [0, 0.05) is 18.4 Å². The highest BCUT2D eigenvalue weighted by atomic mass is 35.5. The minimum atomic E-state index is -0.436. The quantitative estimate of drug-likeness (QED) is 0.768. The lowest BCUT2D eigenvalue weighted by Gasteiger charge is -2.04. The summed E-state index contributed by atoms with van der Waals surface area (Å²) in [6.07, 6.45) is 1.68. The van der Waals surface area contributed by atoms with E-state index in [4.69, 9.17) is 23.2 Å². The van der Waals surface area contributed by atoms with Crippen molar-refractivity contribution in [1.82, 2.24) is 9.97 Å². The van der Waals surface area contributed by atoms with Gasteiger partial charge in [-0.1, -0.05) is 0 Å². The zero-order valence-corrected chi connectivity index (χ0v) is 8.10. The second-order valence-corrected chi connectivity index (χ2v) is 3.57. The van der Waals surface area contributed by atoms with Crippen LogP contribution in [-0.2, 0) is 0 Å². The Morgan fingerprint density at radius 2 is 2.33 bits per heavy atom. The van der Waals surface area contributed by atoms with Crippen LogP contribution in [0.25, 0.3) is 0 Å². The minimum Gasteiger partial charge on any atom is -0.351 e. The first-order valence-electron chi connectivity index (χ1n) is 3.50. The van der Waals surface area contributed by atoms with Gasteiger partial charge < -0.3 is 5.32 Å². The highest BCUT2D eigenvalue weighted by Gasteiger charge is 1.99. The number of aromatic nitrogens is 2. The summed E-state index contributed by atoms with van der Waals surface area (Å²) in [7, 11) is 0. The van der Waals surface area contributed by atoms with Crippen LogP contribution in [0.3, 0.4) is 0 Å². The molecular weight excluding hydrogens is 197 g/mol. The van der Waals surface area contributed by atoms with Gasteiger partial charge in [0.05, 0.1) is 0 Å². The highest BCUT2D eigenvalue weighted by Crippen LogP contribution is 2.03. The number of halogens is 2. The molecule has 0 spiro atoms. The van der Waals surface area contributed by atoms with E-state index in [-0.39, 0.29) is 0 Å². The fraction of sp³-hybridized carbons (Fsp3) is 0.429. The van der Waals surface area contributed by atoms with Crippen molar-refractivity contribution in [2.24, 2.45) is 0 Å². The van der Waals surface area contributed by atoms with Gasteiger partial charge in [0.1, 0.15) is 4.84 Å². The summed E-state index contributed by atoms with van der Waals surface area (Å²) in [4.78, 5) is 7.64. The second-order valence-electron chi connectivity index (χ2n) is 2.29. The van der Waals surface area contributed by atoms with E-state index in [0.717, 1.165) is 5.69 Å². The molecule has 0 aliphatic rings. The van der Waals surface area contributed by atoms with E-state index in [0.29, 0.717) is 12.5 Å². The van der Waals surface area contributed by atoms with Gasteiger partial charge in [-0.3, -0.25) is 0 Å². The number of hydrogen-bond donors (Lipinski definition) is 1. The van der Waals surface area contributed by atoms with Gasteiger partial charge >= 0.3 is 0 Å². The van der Waals surface area contributed by atoms with Crippen molar-refractivity contribution in [2.75, 3.05) is 11.9 Å². The van der Waals surface area contributed by atoms with Crippen LogP contribution in [0.15, 0.2) is 12.3 Å². The molecule has 66 valence electrons. The molecule has 5 heteroatoms. The van der Waals surface area contributed by atoms with E-state index in [1.54, 1.807) is 6.20 Å². The summed E-state index contributed by atoms with van der Waals surface area (Å²) in [6.45, 7) is 2.35. The molecule has 0 aliphatic heterocycles. The van der Waals surface area contributed by atoms with Gasteiger partial charge in [-0.05, 0) is 13.0 Å². The van der Waals surface area contributed by atoms with Gasteiger partial charge in [-0.2, -0.15) is 0 Å². The Balaban J connectivity index is 2.52. The Morgan fingerprint density at radius 1 is 1.58 bits per heavy atom. The van der Waals surface area contributed by atoms with Gasteiger partial charge in [0.2, 0.25) is 5.95 Å². The molecule has 0 bridgehead atoms. The molecule has 1 aromatic rings. The Kier molecular flexibility index (Phi) is 3.56. The zero-order chi connectivity index (χ0) is 8.97. The van der Waals surface area contributed by atoms with Crippen molar-refractivity contribution in [2.45, 2.75) is 11.8 Å². The number of aryl methyl sites for hydroxylation is 1. The number of alkyl halides is 2. The average Bonchev–Trinajstić information content (AvgIpc) is 2.01. The van der Waals surface area contributed by atoms with Gasteiger partial charge in [-0.25, -0.2) is 9.97 Å². The third kappa shape index (κ3) is 3.24. The Labute approximate surface area is 81.1 Å². The molecule has 3 nitrogen and oxygen atoms in total. The van der Waals surface area contributed by atoms with Crippen LogP contribution < -0.4 is 5.32 Å². The van der Waals surface area contributed by atoms with E-state index < -0.39 is 4.84 Å². The normalized spacial score (nSPS) is 10.3. The monoisotopic (exact) mass is 205 g/mol. The molecule has 1 heterocycles. The van der Waals surface area contributed by atoms with Crippen molar-refractivity contribution in [3.63, 3.8) is 0 Å². The third-order valence-electron chi connectivity index (χ3n) is 1.21. The number of anilines is 1. The lowest BCUT2D eigenvalue weighted by Crippen LogP contribution is -2.11. The fourth-order valence-electron chi connectivity index (χ4n) is 0.703. The van der Waals surface area contributed by atoms with Crippen LogP contribution in [0.1, 0.15) is 5.69 Å². The van der Waals surface area contributed by atoms with Crippen LogP contribution in [0.5, 0.6) is 0 Å². The molecule has 0 aliphatic carbocycles. The third-order valence-corrected chi connectivity index (χ3v) is 1.52. The van der Waals surface area contributed by atoms with Crippen molar-refractivity contribution in [3.05, 3.63) is 18.0 Å². The van der Waals surface area contributed by atoms with E-state index in [2.05, 4.69) is 15.3 Å². The molecule has 0 saturated heterocycles. The molecule has 0 aromatic carbocycles. The largest absolute Gasteiger partial charge is 0.351 e. The summed E-state index contributed by atoms with van der Waals surface area (Å²) in [5, 5.41) is 2.90. The van der Waals surface area contributed by atoms with Crippen LogP contribution in [0.2, 0.25) is 0 Å². The summed E-state index contributed by atoms with van der Waals surface area (Å²) in [5.41, 5.74) is 0.910. The fourth-order valence-corrected chi connectivity index (χ4v) is 0.857. The molecule has 0 amide bonds. The Hall–Kier alpha value is -0.540. The van der Waals surface area contributed by atoms with Gasteiger partial charge in [-0.15, -0.1) is 23.2 Å². The predicted molar refractivity (Wildman–Crippen MR) is 50.8 cm³/mol. The average molecular weight is 206 g/mol. The molecular formula is C7H9Cl2N3. The molecule has 0 atom stereocenters. The van der Waals surface area contributed by atoms with Crippen molar-refractivity contribution in [1.29, 1.82) is 0 Å². The Morgan fingerprint density at radius 3 is 2.92 bits per heavy atom. The molecule has 0 radical (unpaired) electrons. The summed E-state index contributed by atoms with van der Waals surface area (Å²) in [5.74, 6) is 0.557. The minimum absolute atomic E-state index is 0.436. The van der Waals surface area contributed by atoms with E-state index in [1.807, 2.05) is 13.0 Å². The first-order chi connectivity index (χ1) is 5.68. The SMILES string of the molecule is Cc1ccnc(NCC(Cl)Cl)n1. The lowest BCUT2D eigenvalue weighted by molar-refractivity contribution is 1.04. The van der Waals surface area contributed by atoms with Gasteiger partial charge in [0.25, 0.3) is 0 Å². The smallest absolute Gasteiger partial charge is 0.222 e. The summed E-state index contributed by atoms with van der Waals surface area (Å²) >= 11 is 11.0. The first-order valence-corrected chi connectivity index (χ1v) is 4.37. The van der Waals surface area contributed by atoms with E-state index >= 15 is 0 Å². The van der Waals surface area contributed by atoms with Crippen LogP contribution in [0.4, 0.5) is 5.95 Å².